The van der Waals surface area contributed by atoms with Gasteiger partial charge in [-0.3, -0.25) is 19.8 Å². The maximum atomic E-state index is 14.9. The van der Waals surface area contributed by atoms with Gasteiger partial charge in [-0.15, -0.1) is 0 Å². The van der Waals surface area contributed by atoms with Crippen LogP contribution >= 0.6 is 11.6 Å². The number of piperidine rings is 2. The molecule has 0 spiro atoms. The highest BCUT2D eigenvalue weighted by Crippen LogP contribution is 2.35. The van der Waals surface area contributed by atoms with Gasteiger partial charge < -0.3 is 24.4 Å². The number of ether oxygens (including phenoxy) is 1. The first kappa shape index (κ1) is 37.7. The highest BCUT2D eigenvalue weighted by Gasteiger charge is 2.30. The molecular weight excluding hydrogens is 737 g/mol. The van der Waals surface area contributed by atoms with E-state index in [2.05, 4.69) is 41.0 Å². The number of halogens is 2. The van der Waals surface area contributed by atoms with Crippen LogP contribution in [-0.2, 0) is 4.79 Å². The Morgan fingerprint density at radius 2 is 1.75 bits per heavy atom. The largest absolute Gasteiger partial charge is 0.490 e. The second kappa shape index (κ2) is 16.5. The molecule has 4 aromatic rings. The van der Waals surface area contributed by atoms with Gasteiger partial charge in [0.1, 0.15) is 29.1 Å². The number of benzene rings is 2. The Bertz CT molecular complexity index is 2130. The summed E-state index contributed by atoms with van der Waals surface area (Å²) in [7, 11) is 0. The summed E-state index contributed by atoms with van der Waals surface area (Å²) in [5.74, 6) is 1.07. The Morgan fingerprint density at radius 1 is 0.964 bits per heavy atom. The van der Waals surface area contributed by atoms with Crippen LogP contribution in [0.2, 0.25) is 5.02 Å². The van der Waals surface area contributed by atoms with Crippen LogP contribution in [0.4, 0.5) is 20.7 Å². The molecule has 1 aliphatic carbocycles. The molecule has 4 amide bonds. The Hall–Kier alpha value is -5.26. The van der Waals surface area contributed by atoms with E-state index in [1.165, 1.54) is 11.0 Å². The maximum absolute atomic E-state index is 14.9. The molecule has 56 heavy (non-hydrogen) atoms. The van der Waals surface area contributed by atoms with Gasteiger partial charge in [0.05, 0.1) is 40.3 Å². The van der Waals surface area contributed by atoms with Gasteiger partial charge >= 0.3 is 6.03 Å². The summed E-state index contributed by atoms with van der Waals surface area (Å²) in [6, 6.07) is 11.8. The van der Waals surface area contributed by atoms with E-state index in [0.29, 0.717) is 33.6 Å². The summed E-state index contributed by atoms with van der Waals surface area (Å²) in [5.41, 5.74) is 1.99. The number of carbonyl (C=O) groups is 3. The maximum Gasteiger partial charge on any atom is 0.328 e. The second-order valence-electron chi connectivity index (χ2n) is 15.4. The number of imide groups is 1. The molecule has 292 valence electrons. The summed E-state index contributed by atoms with van der Waals surface area (Å²) in [6.45, 7) is 4.95. The van der Waals surface area contributed by atoms with Crippen molar-refractivity contribution < 1.29 is 23.5 Å². The third-order valence-corrected chi connectivity index (χ3v) is 12.1. The highest BCUT2D eigenvalue weighted by atomic mass is 35.5. The third kappa shape index (κ3) is 8.29. The molecule has 13 nitrogen and oxygen atoms in total. The second-order valence-corrected chi connectivity index (χ2v) is 15.8. The first-order valence-corrected chi connectivity index (χ1v) is 20.0. The first-order chi connectivity index (χ1) is 27.2. The molecule has 0 unspecified atom stereocenters. The van der Waals surface area contributed by atoms with Gasteiger partial charge in [-0.25, -0.2) is 19.2 Å². The van der Waals surface area contributed by atoms with Crippen LogP contribution in [0, 0.1) is 23.1 Å². The highest BCUT2D eigenvalue weighted by molar-refractivity contribution is 6.31. The van der Waals surface area contributed by atoms with Crippen LogP contribution in [0.25, 0.3) is 10.9 Å². The molecule has 8 rings (SSSR count). The van der Waals surface area contributed by atoms with Gasteiger partial charge in [0, 0.05) is 75.4 Å². The van der Waals surface area contributed by atoms with Gasteiger partial charge in [0.15, 0.2) is 0 Å². The zero-order valence-corrected chi connectivity index (χ0v) is 31.9. The van der Waals surface area contributed by atoms with Crippen molar-refractivity contribution >= 4 is 51.9 Å². The van der Waals surface area contributed by atoms with Gasteiger partial charge in [-0.2, -0.15) is 5.26 Å². The van der Waals surface area contributed by atoms with Gasteiger partial charge in [-0.05, 0) is 87.6 Å². The molecule has 1 saturated carbocycles. The van der Waals surface area contributed by atoms with Crippen LogP contribution in [0.1, 0.15) is 79.9 Å². The number of fused-ring (bicyclic) bond motifs is 1. The molecule has 3 aliphatic heterocycles. The lowest BCUT2D eigenvalue weighted by Crippen LogP contribution is -2.49. The van der Waals surface area contributed by atoms with Crippen molar-refractivity contribution in [2.45, 2.75) is 76.0 Å². The van der Waals surface area contributed by atoms with Crippen LogP contribution in [0.5, 0.6) is 5.75 Å². The fourth-order valence-corrected chi connectivity index (χ4v) is 8.89. The number of anilines is 2. The summed E-state index contributed by atoms with van der Waals surface area (Å²) in [6.07, 6.45) is 12.7. The zero-order chi connectivity index (χ0) is 38.8. The number of amides is 4. The molecule has 0 atom stereocenters. The molecule has 0 bridgehead atoms. The van der Waals surface area contributed by atoms with Crippen LogP contribution in [0.15, 0.2) is 55.0 Å². The van der Waals surface area contributed by atoms with Crippen LogP contribution in [0.3, 0.4) is 0 Å². The van der Waals surface area contributed by atoms with Crippen molar-refractivity contribution in [1.29, 1.82) is 5.26 Å². The van der Waals surface area contributed by atoms with Crippen LogP contribution in [-0.4, -0.2) is 88.7 Å². The molecule has 0 radical (unpaired) electrons. The quantitative estimate of drug-likeness (QED) is 0.202. The fourth-order valence-electron chi connectivity index (χ4n) is 8.67. The average molecular weight is 782 g/mol. The van der Waals surface area contributed by atoms with E-state index >= 15 is 0 Å². The van der Waals surface area contributed by atoms with Crippen LogP contribution < -0.4 is 25.2 Å². The third-order valence-electron chi connectivity index (χ3n) is 11.8. The summed E-state index contributed by atoms with van der Waals surface area (Å²) >= 11 is 6.15. The minimum atomic E-state index is -0.516. The van der Waals surface area contributed by atoms with Crippen molar-refractivity contribution in [3.05, 3.63) is 77.1 Å². The number of nitriles is 1. The lowest BCUT2D eigenvalue weighted by atomic mass is 9.93. The Kier molecular flexibility index (Phi) is 11.1. The number of nitrogens with zero attached hydrogens (tertiary/aromatic N) is 7. The van der Waals surface area contributed by atoms with E-state index in [1.807, 2.05) is 12.3 Å². The smallest absolute Gasteiger partial charge is 0.328 e. The predicted molar refractivity (Wildman–Crippen MR) is 209 cm³/mol. The lowest BCUT2D eigenvalue weighted by molar-refractivity contribution is -0.120. The lowest BCUT2D eigenvalue weighted by Gasteiger charge is -2.38. The predicted octanol–water partition coefficient (Wildman–Crippen LogP) is 6.22. The van der Waals surface area contributed by atoms with E-state index in [4.69, 9.17) is 21.6 Å². The molecular formula is C41H45ClFN9O4. The van der Waals surface area contributed by atoms with E-state index in [0.717, 1.165) is 101 Å². The average Bonchev–Trinajstić information content (AvgIpc) is 3.63. The van der Waals surface area contributed by atoms with Crippen molar-refractivity contribution in [3.63, 3.8) is 0 Å². The first-order valence-electron chi connectivity index (χ1n) is 19.6. The number of rotatable bonds is 9. The van der Waals surface area contributed by atoms with Gasteiger partial charge in [0.25, 0.3) is 5.91 Å². The van der Waals surface area contributed by atoms with Gasteiger partial charge in [0.2, 0.25) is 5.91 Å². The summed E-state index contributed by atoms with van der Waals surface area (Å²) in [5, 5.41) is 15.7. The normalized spacial score (nSPS) is 21.5. The molecule has 4 fully saturated rings. The standard InChI is InChI=1S/C41H45ClFN9O4/c42-34-21-32(4-1-27(34)22-44)56-31-5-2-29(3-6-31)47-40(54)35-23-46-38(24-45-35)50-15-7-26(8-16-50)25-49-13-9-30(10-14-49)51-17-11-33-36(51)19-28(43)20-37(33)52-18-12-39(53)48-41(52)55/h1,4,11,17,19-21,23-24,26,29-31H,2-3,5-10,12-16,18,25H2,(H,47,54)(H,48,53,55). The van der Waals surface area contributed by atoms with Crippen molar-refractivity contribution in [3.8, 4) is 11.8 Å². The zero-order valence-electron chi connectivity index (χ0n) is 31.1. The number of likely N-dealkylation sites (tertiary alicyclic amines) is 1. The molecule has 2 aromatic carbocycles. The van der Waals surface area contributed by atoms with Crippen molar-refractivity contribution in [2.75, 3.05) is 49.1 Å². The van der Waals surface area contributed by atoms with E-state index < -0.39 is 11.8 Å². The molecule has 5 heterocycles. The molecule has 2 aromatic heterocycles. The molecule has 3 saturated heterocycles. The molecule has 15 heteroatoms. The Morgan fingerprint density at radius 3 is 2.45 bits per heavy atom. The Labute approximate surface area is 329 Å². The molecule has 2 N–H and O–H groups in total. The van der Waals surface area contributed by atoms with E-state index in [1.54, 1.807) is 36.7 Å². The fraction of sp³-hybridized carbons (Fsp3) is 0.463. The number of nitrogens with one attached hydrogen (secondary N) is 2. The van der Waals surface area contributed by atoms with Gasteiger partial charge in [-0.1, -0.05) is 11.6 Å². The number of hydrogen-bond donors (Lipinski definition) is 2. The van der Waals surface area contributed by atoms with Crippen molar-refractivity contribution in [2.24, 2.45) is 5.92 Å². The molecule has 4 aliphatic rings. The number of carbonyl (C=O) groups excluding carboxylic acids is 3. The van der Waals surface area contributed by atoms with Crippen molar-refractivity contribution in [1.82, 2.24) is 30.1 Å². The topological polar surface area (TPSA) is 149 Å². The number of hydrogen-bond acceptors (Lipinski definition) is 9. The summed E-state index contributed by atoms with van der Waals surface area (Å²) in [4.78, 5) is 52.6. The minimum Gasteiger partial charge on any atom is -0.490 e. The minimum absolute atomic E-state index is 0.0241. The monoisotopic (exact) mass is 781 g/mol. The SMILES string of the molecule is N#Cc1ccc(OC2CCC(NC(=O)c3cnc(N4CCC(CN5CCC(n6ccc7c(N8CCC(=O)NC8=O)cc(F)cc76)CC5)CC4)cn3)CC2)cc1Cl. The van der Waals surface area contributed by atoms with E-state index in [9.17, 15) is 18.8 Å². The van der Waals surface area contributed by atoms with E-state index in [-0.39, 0.29) is 43.0 Å². The summed E-state index contributed by atoms with van der Waals surface area (Å²) < 4.78 is 23.1. The Balaban J connectivity index is 0.768. The number of aromatic nitrogens is 3. The number of urea groups is 1.